The van der Waals surface area contributed by atoms with Crippen LogP contribution in [0.5, 0.6) is 0 Å². The predicted molar refractivity (Wildman–Crippen MR) is 74.8 cm³/mol. The van der Waals surface area contributed by atoms with E-state index in [1.807, 2.05) is 11.9 Å². The second-order valence-corrected chi connectivity index (χ2v) is 7.26. The van der Waals surface area contributed by atoms with E-state index in [2.05, 4.69) is 0 Å². The van der Waals surface area contributed by atoms with Crippen molar-refractivity contribution in [2.45, 2.75) is 37.2 Å². The Morgan fingerprint density at radius 1 is 1.48 bits per heavy atom. The van der Waals surface area contributed by atoms with Crippen molar-refractivity contribution < 1.29 is 13.2 Å². The van der Waals surface area contributed by atoms with Gasteiger partial charge in [-0.3, -0.25) is 19.1 Å². The first-order valence-electron chi connectivity index (χ1n) is 6.32. The molecule has 1 aromatic heterocycles. The second kappa shape index (κ2) is 5.64. The number of carbonyl (C=O) groups excluding carboxylic acids is 1. The number of hydrogen-bond acceptors (Lipinski definition) is 5. The fourth-order valence-corrected chi connectivity index (χ4v) is 2.90. The zero-order valence-electron chi connectivity index (χ0n) is 11.2. The summed E-state index contributed by atoms with van der Waals surface area (Å²) in [6.45, 7) is 1.97. The highest BCUT2D eigenvalue weighted by molar-refractivity contribution is 8.13. The molecule has 1 fully saturated rings. The van der Waals surface area contributed by atoms with Crippen molar-refractivity contribution in [3.63, 3.8) is 0 Å². The molecular weight excluding hydrogens is 322 g/mol. The van der Waals surface area contributed by atoms with E-state index in [-0.39, 0.29) is 18.5 Å². The molecule has 0 aliphatic heterocycles. The summed E-state index contributed by atoms with van der Waals surface area (Å²) < 4.78 is 23.3. The minimum absolute atomic E-state index is 0.178. The van der Waals surface area contributed by atoms with Gasteiger partial charge in [-0.05, 0) is 19.8 Å². The molecule has 116 valence electrons. The molecule has 0 atom stereocenters. The largest absolute Gasteiger partial charge is 0.338 e. The third-order valence-corrected chi connectivity index (χ3v) is 4.51. The van der Waals surface area contributed by atoms with Crippen LogP contribution in [-0.2, 0) is 20.4 Å². The molecule has 10 heteroatoms. The number of amides is 1. The molecule has 1 N–H and O–H groups in total. The maximum atomic E-state index is 12.1. The van der Waals surface area contributed by atoms with E-state index in [9.17, 15) is 22.8 Å². The Balaban J connectivity index is 2.34. The maximum Gasteiger partial charge on any atom is 0.328 e. The Morgan fingerprint density at radius 2 is 2.10 bits per heavy atom. The van der Waals surface area contributed by atoms with Gasteiger partial charge in [0.1, 0.15) is 6.54 Å². The number of likely N-dealkylation sites (N-methyl/N-ethyl adjacent to an activating group) is 1. The fourth-order valence-electron chi connectivity index (χ4n) is 2.04. The highest BCUT2D eigenvalue weighted by Crippen LogP contribution is 2.26. The summed E-state index contributed by atoms with van der Waals surface area (Å²) >= 11 is 0. The summed E-state index contributed by atoms with van der Waals surface area (Å²) in [5.41, 5.74) is -1.96. The lowest BCUT2D eigenvalue weighted by Crippen LogP contribution is -2.40. The van der Waals surface area contributed by atoms with Gasteiger partial charge in [-0.25, -0.2) is 13.2 Å². The van der Waals surface area contributed by atoms with Crippen LogP contribution in [0.2, 0.25) is 0 Å². The lowest BCUT2D eigenvalue weighted by Gasteiger charge is -2.20. The van der Waals surface area contributed by atoms with Crippen molar-refractivity contribution in [2.75, 3.05) is 6.54 Å². The summed E-state index contributed by atoms with van der Waals surface area (Å²) in [6.07, 6.45) is 2.63. The van der Waals surface area contributed by atoms with E-state index in [1.54, 1.807) is 4.90 Å². The van der Waals surface area contributed by atoms with Gasteiger partial charge in [0.25, 0.3) is 14.6 Å². The van der Waals surface area contributed by atoms with Crippen molar-refractivity contribution in [3.05, 3.63) is 27.0 Å². The number of aromatic amines is 1. The zero-order valence-corrected chi connectivity index (χ0v) is 12.8. The summed E-state index contributed by atoms with van der Waals surface area (Å²) in [7, 11) is 0.822. The first-order chi connectivity index (χ1) is 9.74. The average Bonchev–Trinajstić information content (AvgIpc) is 3.16. The Bertz CT molecular complexity index is 778. The number of nitrogens with one attached hydrogen (secondary N) is 1. The molecule has 8 nitrogen and oxygen atoms in total. The lowest BCUT2D eigenvalue weighted by molar-refractivity contribution is -0.132. The number of H-pyrrole nitrogens is 1. The monoisotopic (exact) mass is 335 g/mol. The first-order valence-corrected chi connectivity index (χ1v) is 8.63. The lowest BCUT2D eigenvalue weighted by atomic mass is 10.4. The van der Waals surface area contributed by atoms with Crippen LogP contribution >= 0.6 is 10.7 Å². The molecule has 1 aliphatic carbocycles. The SMILES string of the molecule is CCN(C(=O)Cn1cc(S(=O)(=O)Cl)c(=O)[nH]c1=O)C1CC1. The van der Waals surface area contributed by atoms with E-state index < -0.39 is 25.2 Å². The van der Waals surface area contributed by atoms with Crippen LogP contribution < -0.4 is 11.2 Å². The molecule has 1 aliphatic rings. The molecule has 0 bridgehead atoms. The number of aromatic nitrogens is 2. The van der Waals surface area contributed by atoms with Crippen LogP contribution in [0.4, 0.5) is 0 Å². The average molecular weight is 336 g/mol. The zero-order chi connectivity index (χ0) is 15.8. The quantitative estimate of drug-likeness (QED) is 0.728. The van der Waals surface area contributed by atoms with Crippen LogP contribution in [-0.4, -0.2) is 41.4 Å². The van der Waals surface area contributed by atoms with E-state index in [0.717, 1.165) is 23.6 Å². The molecular formula is C11H14ClN3O5S. The molecule has 2 rings (SSSR count). The van der Waals surface area contributed by atoms with Gasteiger partial charge < -0.3 is 4.90 Å². The van der Waals surface area contributed by atoms with Crippen LogP contribution in [0.1, 0.15) is 19.8 Å². The van der Waals surface area contributed by atoms with E-state index in [4.69, 9.17) is 10.7 Å². The van der Waals surface area contributed by atoms with Gasteiger partial charge in [0.05, 0.1) is 0 Å². The maximum absolute atomic E-state index is 12.1. The van der Waals surface area contributed by atoms with Gasteiger partial charge >= 0.3 is 5.69 Å². The third kappa shape index (κ3) is 3.53. The highest BCUT2D eigenvalue weighted by atomic mass is 35.7. The fraction of sp³-hybridized carbons (Fsp3) is 0.545. The molecule has 0 unspecified atom stereocenters. The van der Waals surface area contributed by atoms with Crippen molar-refractivity contribution >= 4 is 25.6 Å². The number of carbonyl (C=O) groups is 1. The van der Waals surface area contributed by atoms with Crippen LogP contribution in [0.25, 0.3) is 0 Å². The van der Waals surface area contributed by atoms with Gasteiger partial charge in [0, 0.05) is 29.5 Å². The van der Waals surface area contributed by atoms with Crippen molar-refractivity contribution in [2.24, 2.45) is 0 Å². The van der Waals surface area contributed by atoms with Gasteiger partial charge in [-0.2, -0.15) is 0 Å². The van der Waals surface area contributed by atoms with Crippen LogP contribution in [0, 0.1) is 0 Å². The number of hydrogen-bond donors (Lipinski definition) is 1. The van der Waals surface area contributed by atoms with Gasteiger partial charge in [-0.15, -0.1) is 0 Å². The van der Waals surface area contributed by atoms with Crippen molar-refractivity contribution in [1.29, 1.82) is 0 Å². The van der Waals surface area contributed by atoms with Crippen LogP contribution in [0.3, 0.4) is 0 Å². The molecule has 0 saturated heterocycles. The summed E-state index contributed by atoms with van der Waals surface area (Å²) in [5.74, 6) is -0.313. The summed E-state index contributed by atoms with van der Waals surface area (Å²) in [4.78, 5) is 37.9. The molecule has 21 heavy (non-hydrogen) atoms. The normalized spacial score (nSPS) is 15.0. The standard InChI is InChI=1S/C11H14ClN3O5S/c1-2-15(7-3-4-7)9(16)6-14-5-8(21(12,19)20)10(17)13-11(14)18/h5,7H,2-4,6H2,1H3,(H,13,17,18). The van der Waals surface area contributed by atoms with E-state index in [0.29, 0.717) is 6.54 Å². The molecule has 0 aromatic carbocycles. The number of nitrogens with zero attached hydrogens (tertiary/aromatic N) is 2. The van der Waals surface area contributed by atoms with Crippen molar-refractivity contribution in [3.8, 4) is 0 Å². The predicted octanol–water partition coefficient (Wildman–Crippen LogP) is -0.525. The number of rotatable bonds is 5. The molecule has 1 heterocycles. The van der Waals surface area contributed by atoms with Crippen LogP contribution in [0.15, 0.2) is 20.7 Å². The Morgan fingerprint density at radius 3 is 2.57 bits per heavy atom. The summed E-state index contributed by atoms with van der Waals surface area (Å²) in [6, 6.07) is 0.178. The smallest absolute Gasteiger partial charge is 0.328 e. The topological polar surface area (TPSA) is 109 Å². The highest BCUT2D eigenvalue weighted by Gasteiger charge is 2.31. The molecule has 1 amide bonds. The Kier molecular flexibility index (Phi) is 4.24. The molecule has 0 radical (unpaired) electrons. The first kappa shape index (κ1) is 15.8. The molecule has 1 saturated carbocycles. The van der Waals surface area contributed by atoms with Gasteiger partial charge in [-0.1, -0.05) is 0 Å². The third-order valence-electron chi connectivity index (χ3n) is 3.20. The van der Waals surface area contributed by atoms with E-state index >= 15 is 0 Å². The summed E-state index contributed by atoms with van der Waals surface area (Å²) in [5, 5.41) is 0. The minimum Gasteiger partial charge on any atom is -0.338 e. The van der Waals surface area contributed by atoms with E-state index in [1.165, 1.54) is 0 Å². The molecule has 0 spiro atoms. The van der Waals surface area contributed by atoms with Gasteiger partial charge in [0.2, 0.25) is 5.91 Å². The Labute approximate surface area is 124 Å². The second-order valence-electron chi connectivity index (χ2n) is 4.73. The van der Waals surface area contributed by atoms with Gasteiger partial charge in [0.15, 0.2) is 4.90 Å². The van der Waals surface area contributed by atoms with Crippen molar-refractivity contribution in [1.82, 2.24) is 14.5 Å². The Hall–Kier alpha value is -1.61. The minimum atomic E-state index is -4.29. The number of halogens is 1. The molecule has 1 aromatic rings.